The molecule has 6 bridgehead atoms. The normalized spacial score (nSPS) is 49.1. The van der Waals surface area contributed by atoms with Crippen LogP contribution in [0.5, 0.6) is 0 Å². The van der Waals surface area contributed by atoms with Crippen LogP contribution in [0.3, 0.4) is 0 Å². The second-order valence-corrected chi connectivity index (χ2v) is 8.82. The maximum Gasteiger partial charge on any atom is 0.336 e. The standard InChI is InChI=1S/C20H17NO4/c22-18-7-3-1-2-4-8(7)19(23)21(18)25-20(24)17-15-11-5-9-10-6-12(13(9)15)16(17)14(10)11/h1-4,9-17H,5-6H2. The number of hydrogen-bond donors (Lipinski definition) is 0. The number of rotatable bonds is 2. The first-order valence-electron chi connectivity index (χ1n) is 9.36. The Morgan fingerprint density at radius 2 is 1.36 bits per heavy atom. The Labute approximate surface area is 144 Å². The zero-order valence-electron chi connectivity index (χ0n) is 13.5. The van der Waals surface area contributed by atoms with Gasteiger partial charge in [-0.15, -0.1) is 0 Å². The van der Waals surface area contributed by atoms with Crippen LogP contribution >= 0.6 is 0 Å². The highest BCUT2D eigenvalue weighted by Crippen LogP contribution is 2.84. The van der Waals surface area contributed by atoms with Gasteiger partial charge >= 0.3 is 5.97 Å². The van der Waals surface area contributed by atoms with Gasteiger partial charge in [0.25, 0.3) is 11.8 Å². The van der Waals surface area contributed by atoms with E-state index in [0.29, 0.717) is 51.7 Å². The molecule has 0 radical (unpaired) electrons. The first-order chi connectivity index (χ1) is 12.2. The maximum absolute atomic E-state index is 13.0. The van der Waals surface area contributed by atoms with Crippen LogP contribution in [0.4, 0.5) is 0 Å². The van der Waals surface area contributed by atoms with E-state index in [1.54, 1.807) is 24.3 Å². The predicted octanol–water partition coefficient (Wildman–Crippen LogP) is 2.13. The molecule has 126 valence electrons. The fraction of sp³-hybridized carbons (Fsp3) is 0.550. The number of carbonyl (C=O) groups excluding carboxylic acids is 3. The van der Waals surface area contributed by atoms with Crippen LogP contribution in [0.1, 0.15) is 33.6 Å². The lowest BCUT2D eigenvalue weighted by Crippen LogP contribution is -2.36. The van der Waals surface area contributed by atoms with Crippen LogP contribution < -0.4 is 0 Å². The van der Waals surface area contributed by atoms with Crippen molar-refractivity contribution in [1.82, 2.24) is 5.06 Å². The van der Waals surface area contributed by atoms with Crippen LogP contribution in [0.25, 0.3) is 0 Å². The number of hydroxylamine groups is 2. The van der Waals surface area contributed by atoms with Crippen molar-refractivity contribution in [3.05, 3.63) is 35.4 Å². The quantitative estimate of drug-likeness (QED) is 0.777. The molecule has 6 aliphatic carbocycles. The van der Waals surface area contributed by atoms with Gasteiger partial charge in [0.2, 0.25) is 0 Å². The van der Waals surface area contributed by atoms with E-state index in [0.717, 1.165) is 11.8 Å². The van der Waals surface area contributed by atoms with Crippen LogP contribution in [-0.2, 0) is 9.63 Å². The minimum atomic E-state index is -0.518. The van der Waals surface area contributed by atoms with Gasteiger partial charge in [-0.2, -0.15) is 0 Å². The minimum absolute atomic E-state index is 0.0909. The molecule has 0 N–H and O–H groups in total. The average Bonchev–Trinajstić information content (AvgIpc) is 3.36. The van der Waals surface area contributed by atoms with Gasteiger partial charge in [-0.25, -0.2) is 4.79 Å². The molecule has 8 rings (SSSR count). The highest BCUT2D eigenvalue weighted by Gasteiger charge is 2.81. The molecular weight excluding hydrogens is 318 g/mol. The Balaban J connectivity index is 1.20. The van der Waals surface area contributed by atoms with Crippen LogP contribution in [0.2, 0.25) is 0 Å². The number of fused-ring (bicyclic) bond motifs is 1. The van der Waals surface area contributed by atoms with Gasteiger partial charge in [0.15, 0.2) is 0 Å². The Morgan fingerprint density at radius 3 is 1.88 bits per heavy atom. The van der Waals surface area contributed by atoms with Crippen molar-refractivity contribution in [3.8, 4) is 0 Å². The number of benzene rings is 1. The maximum atomic E-state index is 13.0. The molecule has 2 amide bonds. The zero-order chi connectivity index (χ0) is 16.6. The molecule has 7 aliphatic rings. The summed E-state index contributed by atoms with van der Waals surface area (Å²) >= 11 is 0. The number of imide groups is 1. The SMILES string of the molecule is O=C(ON1C(=O)c2ccccc2C1=O)C1C2C3CC4C5CC(C42)C1C53. The minimum Gasteiger partial charge on any atom is -0.329 e. The molecule has 6 saturated carbocycles. The molecule has 6 fully saturated rings. The highest BCUT2D eigenvalue weighted by atomic mass is 16.7. The second-order valence-electron chi connectivity index (χ2n) is 8.82. The van der Waals surface area contributed by atoms with E-state index < -0.39 is 11.8 Å². The van der Waals surface area contributed by atoms with E-state index in [9.17, 15) is 14.4 Å². The molecule has 5 heteroatoms. The van der Waals surface area contributed by atoms with Crippen molar-refractivity contribution < 1.29 is 19.2 Å². The van der Waals surface area contributed by atoms with Gasteiger partial charge in [0.1, 0.15) is 0 Å². The molecule has 5 nitrogen and oxygen atoms in total. The molecule has 1 aromatic rings. The summed E-state index contributed by atoms with van der Waals surface area (Å²) in [5, 5.41) is 0.696. The van der Waals surface area contributed by atoms with E-state index in [-0.39, 0.29) is 11.9 Å². The summed E-state index contributed by atoms with van der Waals surface area (Å²) in [6, 6.07) is 6.63. The Hall–Kier alpha value is -2.17. The van der Waals surface area contributed by atoms with Crippen molar-refractivity contribution in [3.63, 3.8) is 0 Å². The Bertz CT molecular complexity index is 830. The molecule has 25 heavy (non-hydrogen) atoms. The van der Waals surface area contributed by atoms with Gasteiger partial charge in [-0.05, 0) is 72.3 Å². The third-order valence-electron chi connectivity index (χ3n) is 8.53. The molecule has 8 unspecified atom stereocenters. The number of carbonyl (C=O) groups is 3. The van der Waals surface area contributed by atoms with E-state index >= 15 is 0 Å². The summed E-state index contributed by atoms with van der Waals surface area (Å²) in [4.78, 5) is 43.3. The number of hydrogen-bond acceptors (Lipinski definition) is 4. The van der Waals surface area contributed by atoms with Crippen LogP contribution in [0.15, 0.2) is 24.3 Å². The van der Waals surface area contributed by atoms with Crippen molar-refractivity contribution in [2.24, 2.45) is 53.3 Å². The summed E-state index contributed by atoms with van der Waals surface area (Å²) in [5.74, 6) is 3.95. The number of amides is 2. The molecule has 1 aromatic carbocycles. The van der Waals surface area contributed by atoms with E-state index in [4.69, 9.17) is 4.84 Å². The molecule has 0 spiro atoms. The third kappa shape index (κ3) is 1.19. The van der Waals surface area contributed by atoms with Gasteiger partial charge in [0, 0.05) is 0 Å². The summed E-state index contributed by atoms with van der Waals surface area (Å²) in [5.41, 5.74) is 0.638. The fourth-order valence-corrected chi connectivity index (χ4v) is 8.34. The summed E-state index contributed by atoms with van der Waals surface area (Å²) in [7, 11) is 0. The first kappa shape index (κ1) is 13.1. The Kier molecular flexibility index (Phi) is 2.00. The molecule has 1 heterocycles. The summed E-state index contributed by atoms with van der Waals surface area (Å²) < 4.78 is 0. The van der Waals surface area contributed by atoms with E-state index in [2.05, 4.69) is 0 Å². The van der Waals surface area contributed by atoms with E-state index in [1.165, 1.54) is 12.8 Å². The fourth-order valence-electron chi connectivity index (χ4n) is 8.34. The predicted molar refractivity (Wildman–Crippen MR) is 83.7 cm³/mol. The van der Waals surface area contributed by atoms with Gasteiger partial charge in [0.05, 0.1) is 17.0 Å². The van der Waals surface area contributed by atoms with Crippen molar-refractivity contribution in [1.29, 1.82) is 0 Å². The molecule has 0 saturated heterocycles. The lowest BCUT2D eigenvalue weighted by molar-refractivity contribution is -0.175. The van der Waals surface area contributed by atoms with Crippen molar-refractivity contribution >= 4 is 17.8 Å². The molecule has 1 aliphatic heterocycles. The summed E-state index contributed by atoms with van der Waals surface area (Å²) in [6.45, 7) is 0. The van der Waals surface area contributed by atoms with Crippen molar-refractivity contribution in [2.75, 3.05) is 0 Å². The average molecular weight is 335 g/mol. The van der Waals surface area contributed by atoms with Crippen LogP contribution in [0, 0.1) is 53.3 Å². The number of nitrogens with zero attached hydrogens (tertiary/aromatic N) is 1. The highest BCUT2D eigenvalue weighted by molar-refractivity contribution is 6.20. The van der Waals surface area contributed by atoms with Gasteiger partial charge < -0.3 is 4.84 Å². The monoisotopic (exact) mass is 335 g/mol. The largest absolute Gasteiger partial charge is 0.336 e. The molecule has 8 atom stereocenters. The molecular formula is C20H17NO4. The third-order valence-corrected chi connectivity index (χ3v) is 8.53. The lowest BCUT2D eigenvalue weighted by atomic mass is 9.71. The van der Waals surface area contributed by atoms with E-state index in [1.807, 2.05) is 0 Å². The second kappa shape index (κ2) is 3.81. The van der Waals surface area contributed by atoms with Gasteiger partial charge in [-0.3, -0.25) is 9.59 Å². The lowest BCUT2D eigenvalue weighted by Gasteiger charge is -2.33. The first-order valence-corrected chi connectivity index (χ1v) is 9.36. The Morgan fingerprint density at radius 1 is 0.840 bits per heavy atom. The topological polar surface area (TPSA) is 63.7 Å². The van der Waals surface area contributed by atoms with Crippen LogP contribution in [-0.4, -0.2) is 22.8 Å². The van der Waals surface area contributed by atoms with Gasteiger partial charge in [-0.1, -0.05) is 17.2 Å². The smallest absolute Gasteiger partial charge is 0.329 e. The van der Waals surface area contributed by atoms with Crippen molar-refractivity contribution in [2.45, 2.75) is 12.8 Å². The summed E-state index contributed by atoms with van der Waals surface area (Å²) in [6.07, 6.45) is 2.60. The zero-order valence-corrected chi connectivity index (χ0v) is 13.5. The molecule has 0 aromatic heterocycles.